The van der Waals surface area contributed by atoms with Crippen LogP contribution in [-0.2, 0) is 11.3 Å². The molecule has 0 radical (unpaired) electrons. The Morgan fingerprint density at radius 2 is 1.91 bits per heavy atom. The highest BCUT2D eigenvalue weighted by Gasteiger charge is 2.22. The summed E-state index contributed by atoms with van der Waals surface area (Å²) in [7, 11) is 0. The van der Waals surface area contributed by atoms with E-state index in [0.29, 0.717) is 22.5 Å². The summed E-state index contributed by atoms with van der Waals surface area (Å²) in [5.41, 5.74) is 8.18. The number of pyridine rings is 2. The number of carbonyl (C=O) groups excluding carboxylic acids is 3. The Hall–Kier alpha value is -3.98. The predicted molar refractivity (Wildman–Crippen MR) is 131 cm³/mol. The fraction of sp³-hybridized carbons (Fsp3) is 0.120. The number of amides is 1. The first-order valence-electron chi connectivity index (χ1n) is 10.5. The number of carbonyl (C=O) groups is 3. The third kappa shape index (κ3) is 4.84. The van der Waals surface area contributed by atoms with Crippen LogP contribution in [0.4, 0.5) is 5.82 Å². The van der Waals surface area contributed by atoms with E-state index in [4.69, 9.17) is 10.5 Å². The number of esters is 1. The molecule has 3 aromatic heterocycles. The monoisotopic (exact) mass is 520 g/mol. The number of halogens is 1. The molecule has 0 saturated carbocycles. The summed E-state index contributed by atoms with van der Waals surface area (Å²) in [6.07, 6.45) is 3.17. The Bertz CT molecular complexity index is 1410. The van der Waals surface area contributed by atoms with Crippen molar-refractivity contribution in [1.29, 1.82) is 0 Å². The molecule has 3 N–H and O–H groups in total. The second kappa shape index (κ2) is 9.88. The van der Waals surface area contributed by atoms with Gasteiger partial charge in [-0.1, -0.05) is 28.1 Å². The van der Waals surface area contributed by atoms with Crippen LogP contribution in [0.5, 0.6) is 0 Å². The Labute approximate surface area is 203 Å². The number of ether oxygens (including phenoxy) is 1. The molecule has 0 atom stereocenters. The fourth-order valence-electron chi connectivity index (χ4n) is 3.55. The molecule has 3 heterocycles. The number of nitrogen functional groups attached to an aromatic ring is 1. The quantitative estimate of drug-likeness (QED) is 0.281. The van der Waals surface area contributed by atoms with Crippen molar-refractivity contribution < 1.29 is 19.1 Å². The number of benzene rings is 1. The van der Waals surface area contributed by atoms with Crippen LogP contribution in [0, 0.1) is 0 Å². The molecule has 1 amide bonds. The summed E-state index contributed by atoms with van der Waals surface area (Å²) < 4.78 is 7.54. The number of nitrogens with zero attached hydrogens (tertiary/aromatic N) is 2. The van der Waals surface area contributed by atoms with Crippen LogP contribution < -0.4 is 11.1 Å². The van der Waals surface area contributed by atoms with Gasteiger partial charge in [-0.05, 0) is 55.0 Å². The van der Waals surface area contributed by atoms with Crippen LogP contribution in [0.3, 0.4) is 0 Å². The molecular weight excluding hydrogens is 500 g/mol. The number of aromatic nitrogens is 2. The first-order valence-corrected chi connectivity index (χ1v) is 11.3. The summed E-state index contributed by atoms with van der Waals surface area (Å²) in [6.45, 7) is 2.14. The summed E-state index contributed by atoms with van der Waals surface area (Å²) in [6, 6.07) is 15.1. The second-order valence-corrected chi connectivity index (χ2v) is 8.36. The fourth-order valence-corrected chi connectivity index (χ4v) is 3.95. The molecule has 1 aromatic carbocycles. The lowest BCUT2D eigenvalue weighted by molar-refractivity contribution is 0.0528. The molecule has 0 saturated heterocycles. The lowest BCUT2D eigenvalue weighted by Gasteiger charge is -2.08. The maximum Gasteiger partial charge on any atom is 0.340 e. The largest absolute Gasteiger partial charge is 0.462 e. The predicted octanol–water partition coefficient (Wildman–Crippen LogP) is 4.02. The van der Waals surface area contributed by atoms with Gasteiger partial charge in [0.05, 0.1) is 23.4 Å². The minimum absolute atomic E-state index is 0.181. The molecule has 9 heteroatoms. The van der Waals surface area contributed by atoms with Crippen molar-refractivity contribution in [3.63, 3.8) is 0 Å². The van der Waals surface area contributed by atoms with E-state index in [2.05, 4.69) is 26.2 Å². The number of fused-ring (bicyclic) bond motifs is 1. The van der Waals surface area contributed by atoms with Gasteiger partial charge in [-0.25, -0.2) is 9.78 Å². The topological polar surface area (TPSA) is 116 Å². The molecule has 0 spiro atoms. The van der Waals surface area contributed by atoms with E-state index in [-0.39, 0.29) is 36.1 Å². The smallest absolute Gasteiger partial charge is 0.340 e. The van der Waals surface area contributed by atoms with Crippen molar-refractivity contribution in [3.8, 4) is 0 Å². The molecular formula is C25H21BrN4O4. The average Bonchev–Trinajstić information content (AvgIpc) is 3.21. The number of nitrogens with two attached hydrogens (primary N) is 1. The van der Waals surface area contributed by atoms with Gasteiger partial charge in [0.25, 0.3) is 5.91 Å². The lowest BCUT2D eigenvalue weighted by Crippen LogP contribution is -2.23. The minimum Gasteiger partial charge on any atom is -0.462 e. The van der Waals surface area contributed by atoms with Crippen LogP contribution >= 0.6 is 15.9 Å². The number of anilines is 1. The molecule has 0 unspecified atom stereocenters. The zero-order valence-corrected chi connectivity index (χ0v) is 19.8. The second-order valence-electron chi connectivity index (χ2n) is 7.45. The standard InChI is InChI=1S/C25H21BrN4O4/c1-2-34-25(33)19-13-21(23(31)16-4-3-5-18(26)11-16)30-9-7-17(12-20(19)30)24(32)29-14-15-6-8-28-22(27)10-15/h3-13H,2,14H2,1H3,(H2,27,28)(H,29,32). The SMILES string of the molecule is CCOC(=O)c1cc(C(=O)c2cccc(Br)c2)n2ccc(C(=O)NCc3ccnc(N)c3)cc12. The van der Waals surface area contributed by atoms with Gasteiger partial charge in [-0.3, -0.25) is 9.59 Å². The lowest BCUT2D eigenvalue weighted by atomic mass is 10.1. The average molecular weight is 521 g/mol. The van der Waals surface area contributed by atoms with Gasteiger partial charge in [-0.2, -0.15) is 0 Å². The molecule has 8 nitrogen and oxygen atoms in total. The van der Waals surface area contributed by atoms with Crippen LogP contribution in [-0.4, -0.2) is 33.7 Å². The highest BCUT2D eigenvalue weighted by Crippen LogP contribution is 2.23. The molecule has 4 rings (SSSR count). The highest BCUT2D eigenvalue weighted by atomic mass is 79.9. The van der Waals surface area contributed by atoms with Crippen molar-refractivity contribution in [2.45, 2.75) is 13.5 Å². The Morgan fingerprint density at radius 1 is 1.09 bits per heavy atom. The number of hydrogen-bond acceptors (Lipinski definition) is 6. The summed E-state index contributed by atoms with van der Waals surface area (Å²) in [5.74, 6) is -0.811. The third-order valence-corrected chi connectivity index (χ3v) is 5.64. The van der Waals surface area contributed by atoms with Crippen molar-refractivity contribution in [2.75, 3.05) is 12.3 Å². The van der Waals surface area contributed by atoms with E-state index in [1.54, 1.807) is 66.2 Å². The van der Waals surface area contributed by atoms with E-state index >= 15 is 0 Å². The van der Waals surface area contributed by atoms with E-state index in [1.807, 2.05) is 6.07 Å². The van der Waals surface area contributed by atoms with Crippen molar-refractivity contribution in [2.24, 2.45) is 0 Å². The summed E-state index contributed by atoms with van der Waals surface area (Å²) in [4.78, 5) is 42.6. The highest BCUT2D eigenvalue weighted by molar-refractivity contribution is 9.10. The van der Waals surface area contributed by atoms with Gasteiger partial charge in [0.15, 0.2) is 0 Å². The summed E-state index contributed by atoms with van der Waals surface area (Å²) in [5, 5.41) is 2.82. The van der Waals surface area contributed by atoms with E-state index in [1.165, 1.54) is 6.07 Å². The first kappa shape index (κ1) is 23.2. The zero-order chi connectivity index (χ0) is 24.2. The Kier molecular flexibility index (Phi) is 6.74. The van der Waals surface area contributed by atoms with Crippen LogP contribution in [0.15, 0.2) is 71.5 Å². The van der Waals surface area contributed by atoms with Crippen molar-refractivity contribution in [3.05, 3.63) is 99.4 Å². The van der Waals surface area contributed by atoms with E-state index in [0.717, 1.165) is 10.0 Å². The maximum absolute atomic E-state index is 13.2. The van der Waals surface area contributed by atoms with E-state index in [9.17, 15) is 14.4 Å². The van der Waals surface area contributed by atoms with Gasteiger partial charge in [0.2, 0.25) is 5.78 Å². The minimum atomic E-state index is -0.571. The Balaban J connectivity index is 1.70. The number of rotatable bonds is 7. The molecule has 4 aromatic rings. The molecule has 0 aliphatic heterocycles. The van der Waals surface area contributed by atoms with Crippen molar-refractivity contribution >= 4 is 44.9 Å². The molecule has 0 aliphatic carbocycles. The van der Waals surface area contributed by atoms with Crippen LogP contribution in [0.1, 0.15) is 49.3 Å². The Morgan fingerprint density at radius 3 is 2.65 bits per heavy atom. The van der Waals surface area contributed by atoms with Gasteiger partial charge in [0, 0.05) is 34.5 Å². The van der Waals surface area contributed by atoms with Crippen LogP contribution in [0.2, 0.25) is 0 Å². The van der Waals surface area contributed by atoms with Crippen molar-refractivity contribution in [1.82, 2.24) is 14.7 Å². The summed E-state index contributed by atoms with van der Waals surface area (Å²) >= 11 is 3.37. The number of nitrogens with one attached hydrogen (secondary N) is 1. The van der Waals surface area contributed by atoms with Gasteiger partial charge >= 0.3 is 5.97 Å². The zero-order valence-electron chi connectivity index (χ0n) is 18.2. The van der Waals surface area contributed by atoms with Gasteiger partial charge < -0.3 is 20.2 Å². The molecule has 0 fully saturated rings. The van der Waals surface area contributed by atoms with Crippen LogP contribution in [0.25, 0.3) is 5.52 Å². The normalized spacial score (nSPS) is 10.8. The maximum atomic E-state index is 13.2. The van der Waals surface area contributed by atoms with E-state index < -0.39 is 5.97 Å². The number of ketones is 1. The number of hydrogen-bond donors (Lipinski definition) is 2. The molecule has 0 bridgehead atoms. The van der Waals surface area contributed by atoms with Gasteiger partial charge in [0.1, 0.15) is 5.82 Å². The first-order chi connectivity index (χ1) is 16.4. The molecule has 172 valence electrons. The van der Waals surface area contributed by atoms with Gasteiger partial charge in [-0.15, -0.1) is 0 Å². The molecule has 34 heavy (non-hydrogen) atoms. The molecule has 0 aliphatic rings. The third-order valence-electron chi connectivity index (χ3n) is 5.15.